The molecule has 2 N–H and O–H groups in total. The molecule has 0 spiro atoms. The van der Waals surface area contributed by atoms with Crippen LogP contribution < -0.4 is 5.32 Å². The van der Waals surface area contributed by atoms with Gasteiger partial charge in [-0.15, -0.1) is 0 Å². The highest BCUT2D eigenvalue weighted by Crippen LogP contribution is 2.37. The summed E-state index contributed by atoms with van der Waals surface area (Å²) in [5, 5.41) is 24.0. The average Bonchev–Trinajstić information content (AvgIpc) is 2.79. The second-order valence-corrected chi connectivity index (χ2v) is 8.54. The Bertz CT molecular complexity index is 1230. The Morgan fingerprint density at radius 3 is 2.72 bits per heavy atom. The number of anilines is 1. The van der Waals surface area contributed by atoms with E-state index in [4.69, 9.17) is 21.3 Å². The van der Waals surface area contributed by atoms with Crippen LogP contribution in [0.1, 0.15) is 64.5 Å². The number of carboxylic acids is 1. The van der Waals surface area contributed by atoms with Gasteiger partial charge in [-0.1, -0.05) is 23.7 Å². The number of aromatic nitrogens is 1. The van der Waals surface area contributed by atoms with Crippen LogP contribution in [-0.4, -0.2) is 29.3 Å². The number of nitriles is 1. The van der Waals surface area contributed by atoms with Crippen LogP contribution in [0.15, 0.2) is 36.4 Å². The van der Waals surface area contributed by atoms with Crippen molar-refractivity contribution in [3.8, 4) is 6.07 Å². The van der Waals surface area contributed by atoms with Crippen LogP contribution in [0, 0.1) is 18.3 Å². The van der Waals surface area contributed by atoms with Gasteiger partial charge in [0, 0.05) is 46.5 Å². The number of aromatic carboxylic acids is 1. The maximum Gasteiger partial charge on any atom is 0.337 e. The molecule has 0 saturated carbocycles. The molecular formula is C25H24ClN3O3. The van der Waals surface area contributed by atoms with Crippen molar-refractivity contribution in [2.45, 2.75) is 38.6 Å². The largest absolute Gasteiger partial charge is 0.478 e. The van der Waals surface area contributed by atoms with E-state index < -0.39 is 5.97 Å². The van der Waals surface area contributed by atoms with E-state index in [-0.39, 0.29) is 17.5 Å². The predicted octanol–water partition coefficient (Wildman–Crippen LogP) is 5.83. The van der Waals surface area contributed by atoms with E-state index in [9.17, 15) is 15.2 Å². The number of hydrogen-bond acceptors (Lipinski definition) is 5. The Kier molecular flexibility index (Phi) is 6.31. The smallest absolute Gasteiger partial charge is 0.337 e. The second kappa shape index (κ2) is 9.15. The van der Waals surface area contributed by atoms with Gasteiger partial charge in [0.25, 0.3) is 0 Å². The number of carboxylic acid groups (broad SMARTS) is 1. The van der Waals surface area contributed by atoms with E-state index in [0.29, 0.717) is 40.4 Å². The predicted molar refractivity (Wildman–Crippen MR) is 124 cm³/mol. The molecule has 2 heterocycles. The van der Waals surface area contributed by atoms with Gasteiger partial charge in [-0.25, -0.2) is 4.79 Å². The maximum absolute atomic E-state index is 11.6. The monoisotopic (exact) mass is 449 g/mol. The minimum atomic E-state index is -1.00. The van der Waals surface area contributed by atoms with Crippen molar-refractivity contribution in [3.63, 3.8) is 0 Å². The first-order chi connectivity index (χ1) is 15.4. The highest BCUT2D eigenvalue weighted by atomic mass is 35.5. The maximum atomic E-state index is 11.6. The molecule has 1 saturated heterocycles. The SMILES string of the molecule is Cc1c(C2CCOCC2)nc2c(C(C)Nc3ccccc3C(=O)O)cc(Cl)cc2c1C#N. The standard InChI is InChI=1S/C25H24ClN3O3/c1-14-21(13-27)20-12-17(26)11-19(24(20)29-23(14)16-7-9-32-10-8-16)15(2)28-22-6-4-3-5-18(22)25(30)31/h3-6,11-12,15-16,28H,7-10H2,1-2H3,(H,30,31). The zero-order valence-electron chi connectivity index (χ0n) is 18.0. The summed E-state index contributed by atoms with van der Waals surface area (Å²) in [6.45, 7) is 5.25. The number of benzene rings is 2. The van der Waals surface area contributed by atoms with E-state index in [0.717, 1.165) is 29.7 Å². The number of fused-ring (bicyclic) bond motifs is 1. The summed E-state index contributed by atoms with van der Waals surface area (Å²) in [5.74, 6) is -0.765. The molecule has 1 fully saturated rings. The fraction of sp³-hybridized carbons (Fsp3) is 0.320. The fourth-order valence-corrected chi connectivity index (χ4v) is 4.65. The topological polar surface area (TPSA) is 95.2 Å². The number of pyridine rings is 1. The van der Waals surface area contributed by atoms with Crippen molar-refractivity contribution < 1.29 is 14.6 Å². The summed E-state index contributed by atoms with van der Waals surface area (Å²) in [6.07, 6.45) is 1.74. The molecule has 4 rings (SSSR count). The van der Waals surface area contributed by atoms with Crippen LogP contribution in [0.4, 0.5) is 5.69 Å². The Hall–Kier alpha value is -3.14. The highest BCUT2D eigenvalue weighted by molar-refractivity contribution is 6.31. The molecular weight excluding hydrogens is 426 g/mol. The van der Waals surface area contributed by atoms with Crippen molar-refractivity contribution in [2.24, 2.45) is 0 Å². The van der Waals surface area contributed by atoms with Crippen LogP contribution in [0.25, 0.3) is 10.9 Å². The first kappa shape index (κ1) is 22.1. The minimum absolute atomic E-state index is 0.190. The molecule has 1 aliphatic rings. The van der Waals surface area contributed by atoms with E-state index in [1.54, 1.807) is 30.3 Å². The Labute approximate surface area is 191 Å². The van der Waals surface area contributed by atoms with Crippen LogP contribution in [-0.2, 0) is 4.74 Å². The summed E-state index contributed by atoms with van der Waals surface area (Å²) < 4.78 is 5.51. The Morgan fingerprint density at radius 1 is 1.31 bits per heavy atom. The number of hydrogen-bond donors (Lipinski definition) is 2. The van der Waals surface area contributed by atoms with Crippen molar-refractivity contribution >= 4 is 34.2 Å². The normalized spacial score (nSPS) is 15.3. The molecule has 3 aromatic rings. The molecule has 0 radical (unpaired) electrons. The summed E-state index contributed by atoms with van der Waals surface area (Å²) in [5.41, 5.74) is 4.63. The zero-order valence-corrected chi connectivity index (χ0v) is 18.7. The number of rotatable bonds is 5. The third-order valence-electron chi connectivity index (χ3n) is 6.08. The number of carbonyl (C=O) groups is 1. The molecule has 1 aliphatic heterocycles. The van der Waals surface area contributed by atoms with Gasteiger partial charge < -0.3 is 15.2 Å². The molecule has 0 amide bonds. The van der Waals surface area contributed by atoms with Gasteiger partial charge in [0.1, 0.15) is 6.07 Å². The number of nitrogens with one attached hydrogen (secondary N) is 1. The molecule has 1 unspecified atom stereocenters. The van der Waals surface area contributed by atoms with Crippen molar-refractivity contribution in [2.75, 3.05) is 18.5 Å². The van der Waals surface area contributed by atoms with Gasteiger partial charge in [0.05, 0.1) is 22.7 Å². The molecule has 32 heavy (non-hydrogen) atoms. The van der Waals surface area contributed by atoms with Crippen molar-refractivity contribution in [1.82, 2.24) is 4.98 Å². The lowest BCUT2D eigenvalue weighted by Crippen LogP contribution is -2.17. The Balaban J connectivity index is 1.86. The molecule has 0 aliphatic carbocycles. The molecule has 1 aromatic heterocycles. The molecule has 6 nitrogen and oxygen atoms in total. The molecule has 164 valence electrons. The molecule has 7 heteroatoms. The lowest BCUT2D eigenvalue weighted by atomic mass is 9.89. The molecule has 0 bridgehead atoms. The van der Waals surface area contributed by atoms with Crippen LogP contribution in [0.5, 0.6) is 0 Å². The van der Waals surface area contributed by atoms with Crippen LogP contribution in [0.2, 0.25) is 5.02 Å². The van der Waals surface area contributed by atoms with Gasteiger partial charge >= 0.3 is 5.97 Å². The van der Waals surface area contributed by atoms with E-state index in [2.05, 4.69) is 11.4 Å². The van der Waals surface area contributed by atoms with Gasteiger partial charge in [-0.3, -0.25) is 4.98 Å². The number of ether oxygens (including phenoxy) is 1. The van der Waals surface area contributed by atoms with E-state index in [1.807, 2.05) is 19.9 Å². The van der Waals surface area contributed by atoms with Crippen molar-refractivity contribution in [1.29, 1.82) is 5.26 Å². The van der Waals surface area contributed by atoms with Gasteiger partial charge in [0.15, 0.2) is 0 Å². The Morgan fingerprint density at radius 2 is 2.03 bits per heavy atom. The van der Waals surface area contributed by atoms with Gasteiger partial charge in [0.2, 0.25) is 0 Å². The van der Waals surface area contributed by atoms with Gasteiger partial charge in [-0.2, -0.15) is 5.26 Å². The van der Waals surface area contributed by atoms with E-state index in [1.165, 1.54) is 0 Å². The number of nitrogens with zero attached hydrogens (tertiary/aromatic N) is 2. The number of para-hydroxylation sites is 1. The molecule has 1 atom stereocenters. The second-order valence-electron chi connectivity index (χ2n) is 8.10. The van der Waals surface area contributed by atoms with E-state index >= 15 is 0 Å². The first-order valence-electron chi connectivity index (χ1n) is 10.6. The summed E-state index contributed by atoms with van der Waals surface area (Å²) in [7, 11) is 0. The highest BCUT2D eigenvalue weighted by Gasteiger charge is 2.24. The fourth-order valence-electron chi connectivity index (χ4n) is 4.42. The van der Waals surface area contributed by atoms with Crippen molar-refractivity contribution in [3.05, 3.63) is 69.4 Å². The lowest BCUT2D eigenvalue weighted by molar-refractivity contribution is 0.0698. The number of halogens is 1. The van der Waals surface area contributed by atoms with Gasteiger partial charge in [-0.05, 0) is 56.5 Å². The summed E-state index contributed by atoms with van der Waals surface area (Å²) in [6, 6.07) is 12.5. The van der Waals surface area contributed by atoms with Crippen LogP contribution >= 0.6 is 11.6 Å². The lowest BCUT2D eigenvalue weighted by Gasteiger charge is -2.25. The summed E-state index contributed by atoms with van der Waals surface area (Å²) in [4.78, 5) is 16.7. The quantitative estimate of drug-likeness (QED) is 0.508. The average molecular weight is 450 g/mol. The molecule has 2 aromatic carbocycles. The summed E-state index contributed by atoms with van der Waals surface area (Å²) >= 11 is 6.45. The minimum Gasteiger partial charge on any atom is -0.478 e. The zero-order chi connectivity index (χ0) is 22.8. The third-order valence-corrected chi connectivity index (χ3v) is 6.30. The van der Waals surface area contributed by atoms with Crippen LogP contribution in [0.3, 0.4) is 0 Å². The first-order valence-corrected chi connectivity index (χ1v) is 11.0. The third kappa shape index (κ3) is 4.14.